The molecule has 6 heteroatoms. The van der Waals surface area contributed by atoms with Crippen LogP contribution in [0.1, 0.15) is 18.1 Å². The molecule has 164 valence electrons. The Balaban J connectivity index is 1.55. The van der Waals surface area contributed by atoms with Gasteiger partial charge < -0.3 is 15.0 Å². The number of amides is 2. The minimum absolute atomic E-state index is 0.145. The van der Waals surface area contributed by atoms with Crippen molar-refractivity contribution in [1.82, 2.24) is 15.2 Å². The lowest BCUT2D eigenvalue weighted by molar-refractivity contribution is -0.147. The molecule has 3 aromatic rings. The minimum atomic E-state index is -0.695. The van der Waals surface area contributed by atoms with Crippen LogP contribution in [-0.2, 0) is 16.0 Å². The standard InChI is InChI=1S/C26H27N3O3/c1-18-9-11-22(12-10-18)32-19(2)26(31)29-15-14-28-25(30)24(29)16-20-6-3-4-8-23(20)21-7-5-13-27-17-21/h3-13,17,19,24H,14-16H2,1-2H3,(H,28,30)/t19-,24+/m1/s1. The van der Waals surface area contributed by atoms with Crippen LogP contribution in [0.5, 0.6) is 5.75 Å². The molecule has 0 aliphatic carbocycles. The van der Waals surface area contributed by atoms with Crippen LogP contribution in [0, 0.1) is 6.92 Å². The Morgan fingerprint density at radius 3 is 2.69 bits per heavy atom. The molecule has 1 aliphatic heterocycles. The van der Waals surface area contributed by atoms with Crippen molar-refractivity contribution in [2.45, 2.75) is 32.4 Å². The van der Waals surface area contributed by atoms with Gasteiger partial charge >= 0.3 is 0 Å². The lowest BCUT2D eigenvalue weighted by atomic mass is 9.94. The van der Waals surface area contributed by atoms with Crippen molar-refractivity contribution >= 4 is 11.8 Å². The monoisotopic (exact) mass is 429 g/mol. The van der Waals surface area contributed by atoms with E-state index in [1.807, 2.05) is 67.6 Å². The highest BCUT2D eigenvalue weighted by Gasteiger charge is 2.36. The van der Waals surface area contributed by atoms with Gasteiger partial charge in [0, 0.05) is 37.5 Å². The second kappa shape index (κ2) is 9.64. The zero-order chi connectivity index (χ0) is 22.5. The highest BCUT2D eigenvalue weighted by atomic mass is 16.5. The van der Waals surface area contributed by atoms with E-state index in [0.717, 1.165) is 22.3 Å². The molecule has 1 saturated heterocycles. The van der Waals surface area contributed by atoms with Crippen molar-refractivity contribution in [2.24, 2.45) is 0 Å². The fraction of sp³-hybridized carbons (Fsp3) is 0.269. The van der Waals surface area contributed by atoms with Crippen molar-refractivity contribution in [3.63, 3.8) is 0 Å². The molecule has 4 rings (SSSR count). The molecule has 1 fully saturated rings. The number of carbonyl (C=O) groups is 2. The number of hydrogen-bond donors (Lipinski definition) is 1. The summed E-state index contributed by atoms with van der Waals surface area (Å²) in [6, 6.07) is 18.8. The molecule has 0 saturated carbocycles. The number of ether oxygens (including phenoxy) is 1. The zero-order valence-electron chi connectivity index (χ0n) is 18.3. The van der Waals surface area contributed by atoms with Crippen LogP contribution >= 0.6 is 0 Å². The molecule has 0 spiro atoms. The first kappa shape index (κ1) is 21.6. The van der Waals surface area contributed by atoms with Crippen LogP contribution in [-0.4, -0.2) is 46.9 Å². The molecule has 1 aromatic heterocycles. The Morgan fingerprint density at radius 2 is 1.94 bits per heavy atom. The Bertz CT molecular complexity index is 1080. The molecule has 2 aromatic carbocycles. The summed E-state index contributed by atoms with van der Waals surface area (Å²) in [5.41, 5.74) is 4.10. The summed E-state index contributed by atoms with van der Waals surface area (Å²) in [4.78, 5) is 32.0. The summed E-state index contributed by atoms with van der Waals surface area (Å²) in [5.74, 6) is 0.300. The van der Waals surface area contributed by atoms with E-state index in [9.17, 15) is 9.59 Å². The van der Waals surface area contributed by atoms with Crippen molar-refractivity contribution in [3.05, 3.63) is 84.2 Å². The van der Waals surface area contributed by atoms with Gasteiger partial charge in [-0.2, -0.15) is 0 Å². The number of piperazine rings is 1. The quantitative estimate of drug-likeness (QED) is 0.652. The Morgan fingerprint density at radius 1 is 1.16 bits per heavy atom. The fourth-order valence-electron chi connectivity index (χ4n) is 4.00. The van der Waals surface area contributed by atoms with Crippen LogP contribution in [0.4, 0.5) is 0 Å². The number of hydrogen-bond acceptors (Lipinski definition) is 4. The van der Waals surface area contributed by atoms with E-state index in [1.54, 1.807) is 24.2 Å². The number of nitrogens with one attached hydrogen (secondary N) is 1. The molecule has 1 aliphatic rings. The third-order valence-corrected chi connectivity index (χ3v) is 5.70. The number of pyridine rings is 1. The van der Waals surface area contributed by atoms with Crippen LogP contribution in [0.3, 0.4) is 0 Å². The summed E-state index contributed by atoms with van der Waals surface area (Å²) in [6.45, 7) is 4.61. The molecular weight excluding hydrogens is 402 g/mol. The number of aromatic nitrogens is 1. The van der Waals surface area contributed by atoms with E-state index in [0.29, 0.717) is 25.3 Å². The van der Waals surface area contributed by atoms with Crippen LogP contribution in [0.15, 0.2) is 73.1 Å². The van der Waals surface area contributed by atoms with Gasteiger partial charge in [-0.15, -0.1) is 0 Å². The molecule has 1 N–H and O–H groups in total. The van der Waals surface area contributed by atoms with Crippen molar-refractivity contribution in [2.75, 3.05) is 13.1 Å². The van der Waals surface area contributed by atoms with E-state index < -0.39 is 12.1 Å². The van der Waals surface area contributed by atoms with Crippen molar-refractivity contribution < 1.29 is 14.3 Å². The van der Waals surface area contributed by atoms with Gasteiger partial charge in [0.15, 0.2) is 6.10 Å². The lowest BCUT2D eigenvalue weighted by Crippen LogP contribution is -2.60. The summed E-state index contributed by atoms with van der Waals surface area (Å²) >= 11 is 0. The Labute approximate surface area is 188 Å². The highest BCUT2D eigenvalue weighted by molar-refractivity contribution is 5.91. The molecule has 6 nitrogen and oxygen atoms in total. The first-order valence-corrected chi connectivity index (χ1v) is 10.8. The fourth-order valence-corrected chi connectivity index (χ4v) is 4.00. The molecule has 2 heterocycles. The Kier molecular flexibility index (Phi) is 6.50. The average Bonchev–Trinajstić information content (AvgIpc) is 2.82. The third kappa shape index (κ3) is 4.80. The second-order valence-electron chi connectivity index (χ2n) is 8.01. The summed E-state index contributed by atoms with van der Waals surface area (Å²) in [7, 11) is 0. The zero-order valence-corrected chi connectivity index (χ0v) is 18.3. The summed E-state index contributed by atoms with van der Waals surface area (Å²) < 4.78 is 5.88. The predicted molar refractivity (Wildman–Crippen MR) is 123 cm³/mol. The maximum absolute atomic E-state index is 13.3. The molecule has 0 radical (unpaired) electrons. The van der Waals surface area contributed by atoms with Gasteiger partial charge in [-0.1, -0.05) is 48.0 Å². The number of carbonyl (C=O) groups excluding carboxylic acids is 2. The van der Waals surface area contributed by atoms with E-state index >= 15 is 0 Å². The van der Waals surface area contributed by atoms with Crippen molar-refractivity contribution in [3.8, 4) is 16.9 Å². The van der Waals surface area contributed by atoms with Gasteiger partial charge in [0.25, 0.3) is 5.91 Å². The van der Waals surface area contributed by atoms with Crippen molar-refractivity contribution in [1.29, 1.82) is 0 Å². The summed E-state index contributed by atoms with van der Waals surface area (Å²) in [6.07, 6.45) is 3.26. The first-order chi connectivity index (χ1) is 15.5. The first-order valence-electron chi connectivity index (χ1n) is 10.8. The van der Waals surface area contributed by atoms with Gasteiger partial charge in [0.2, 0.25) is 5.91 Å². The largest absolute Gasteiger partial charge is 0.481 e. The van der Waals surface area contributed by atoms with Gasteiger partial charge in [0.05, 0.1) is 0 Å². The normalized spacial score (nSPS) is 16.9. The molecular formula is C26H27N3O3. The number of aryl methyl sites for hydroxylation is 1. The van der Waals surface area contributed by atoms with Gasteiger partial charge in [0.1, 0.15) is 11.8 Å². The highest BCUT2D eigenvalue weighted by Crippen LogP contribution is 2.26. The average molecular weight is 430 g/mol. The number of benzene rings is 2. The molecule has 2 atom stereocenters. The minimum Gasteiger partial charge on any atom is -0.481 e. The molecule has 2 amide bonds. The smallest absolute Gasteiger partial charge is 0.264 e. The third-order valence-electron chi connectivity index (χ3n) is 5.70. The maximum Gasteiger partial charge on any atom is 0.264 e. The Hall–Kier alpha value is -3.67. The lowest BCUT2D eigenvalue weighted by Gasteiger charge is -2.36. The molecule has 32 heavy (non-hydrogen) atoms. The predicted octanol–water partition coefficient (Wildman–Crippen LogP) is 3.39. The van der Waals surface area contributed by atoms with Crippen LogP contribution in [0.2, 0.25) is 0 Å². The van der Waals surface area contributed by atoms with Gasteiger partial charge in [-0.05, 0) is 43.2 Å². The molecule has 0 bridgehead atoms. The van der Waals surface area contributed by atoms with E-state index in [1.165, 1.54) is 0 Å². The van der Waals surface area contributed by atoms with Crippen LogP contribution < -0.4 is 10.1 Å². The van der Waals surface area contributed by atoms with E-state index in [2.05, 4.69) is 10.3 Å². The molecule has 0 unspecified atom stereocenters. The maximum atomic E-state index is 13.3. The van der Waals surface area contributed by atoms with E-state index in [-0.39, 0.29) is 11.8 Å². The summed E-state index contributed by atoms with van der Waals surface area (Å²) in [5, 5.41) is 2.91. The second-order valence-corrected chi connectivity index (χ2v) is 8.01. The van der Waals surface area contributed by atoms with Gasteiger partial charge in [-0.25, -0.2) is 0 Å². The van der Waals surface area contributed by atoms with Crippen LogP contribution in [0.25, 0.3) is 11.1 Å². The van der Waals surface area contributed by atoms with Gasteiger partial charge in [-0.3, -0.25) is 14.6 Å². The van der Waals surface area contributed by atoms with E-state index in [4.69, 9.17) is 4.74 Å². The topological polar surface area (TPSA) is 71.5 Å². The SMILES string of the molecule is Cc1ccc(O[C@H](C)C(=O)N2CCNC(=O)[C@@H]2Cc2ccccc2-c2cccnc2)cc1. The number of rotatable bonds is 6. The number of nitrogens with zero attached hydrogens (tertiary/aromatic N) is 2.